The summed E-state index contributed by atoms with van der Waals surface area (Å²) in [6, 6.07) is 9.99. The summed E-state index contributed by atoms with van der Waals surface area (Å²) >= 11 is 5.86. The second-order valence-electron chi connectivity index (χ2n) is 5.06. The van der Waals surface area contributed by atoms with Gasteiger partial charge in [-0.15, -0.1) is 11.6 Å². The van der Waals surface area contributed by atoms with Crippen LogP contribution in [0.1, 0.15) is 31.2 Å². The molecule has 1 aliphatic heterocycles. The highest BCUT2D eigenvalue weighted by Crippen LogP contribution is 2.23. The zero-order valence-corrected chi connectivity index (χ0v) is 11.6. The maximum Gasteiger partial charge on any atom is 0.229 e. The van der Waals surface area contributed by atoms with Gasteiger partial charge in [-0.25, -0.2) is 0 Å². The van der Waals surface area contributed by atoms with E-state index in [9.17, 15) is 4.79 Å². The Balaban J connectivity index is 1.96. The highest BCUT2D eigenvalue weighted by Gasteiger charge is 2.26. The lowest BCUT2D eigenvalue weighted by Gasteiger charge is -2.33. The number of hydrogen-bond donors (Lipinski definition) is 0. The van der Waals surface area contributed by atoms with Crippen molar-refractivity contribution in [1.82, 2.24) is 4.90 Å². The Bertz CT molecular complexity index is 385. The molecule has 0 spiro atoms. The van der Waals surface area contributed by atoms with Gasteiger partial charge in [0.2, 0.25) is 5.91 Å². The maximum atomic E-state index is 12.4. The Morgan fingerprint density at radius 2 is 1.94 bits per heavy atom. The van der Waals surface area contributed by atoms with E-state index in [1.807, 2.05) is 42.2 Å². The highest BCUT2D eigenvalue weighted by molar-refractivity contribution is 6.18. The van der Waals surface area contributed by atoms with E-state index in [-0.39, 0.29) is 11.8 Å². The predicted octanol–water partition coefficient (Wildman–Crippen LogP) is 3.27. The van der Waals surface area contributed by atoms with Crippen molar-refractivity contribution in [2.75, 3.05) is 19.0 Å². The normalized spacial score (nSPS) is 18.7. The molecule has 1 amide bonds. The van der Waals surface area contributed by atoms with Crippen LogP contribution in [0.4, 0.5) is 0 Å². The molecule has 0 aromatic heterocycles. The first kappa shape index (κ1) is 13.4. The van der Waals surface area contributed by atoms with Crippen LogP contribution < -0.4 is 0 Å². The summed E-state index contributed by atoms with van der Waals surface area (Å²) in [5, 5.41) is 0. The molecule has 1 aliphatic rings. The van der Waals surface area contributed by atoms with Gasteiger partial charge in [0.25, 0.3) is 0 Å². The first-order valence-corrected chi connectivity index (χ1v) is 7.15. The van der Waals surface area contributed by atoms with Gasteiger partial charge in [-0.1, -0.05) is 30.3 Å². The standard InChI is InChI=1S/C15H20ClNO/c1-12(14-5-3-2-4-6-14)15(18)17-9-7-13(11-16)8-10-17/h2-6,12-13H,7-11H2,1H3. The lowest BCUT2D eigenvalue weighted by atomic mass is 9.95. The number of amides is 1. The molecular weight excluding hydrogens is 246 g/mol. The number of nitrogens with zero attached hydrogens (tertiary/aromatic N) is 1. The molecule has 18 heavy (non-hydrogen) atoms. The fraction of sp³-hybridized carbons (Fsp3) is 0.533. The van der Waals surface area contributed by atoms with E-state index in [0.717, 1.165) is 37.4 Å². The molecule has 2 nitrogen and oxygen atoms in total. The molecule has 1 atom stereocenters. The van der Waals surface area contributed by atoms with Crippen molar-refractivity contribution < 1.29 is 4.79 Å². The Labute approximate surface area is 114 Å². The number of benzene rings is 1. The van der Waals surface area contributed by atoms with Gasteiger partial charge in [-0.2, -0.15) is 0 Å². The van der Waals surface area contributed by atoms with Crippen molar-refractivity contribution in [1.29, 1.82) is 0 Å². The summed E-state index contributed by atoms with van der Waals surface area (Å²) in [5.74, 6) is 1.51. The molecule has 0 radical (unpaired) electrons. The van der Waals surface area contributed by atoms with Crippen LogP contribution in [-0.4, -0.2) is 29.8 Å². The summed E-state index contributed by atoms with van der Waals surface area (Å²) in [6.45, 7) is 3.70. The fourth-order valence-electron chi connectivity index (χ4n) is 2.47. The van der Waals surface area contributed by atoms with Crippen LogP contribution >= 0.6 is 11.6 Å². The van der Waals surface area contributed by atoms with E-state index in [1.54, 1.807) is 0 Å². The molecule has 0 bridgehead atoms. The van der Waals surface area contributed by atoms with Crippen LogP contribution in [0.5, 0.6) is 0 Å². The SMILES string of the molecule is CC(C(=O)N1CCC(CCl)CC1)c1ccccc1. The second kappa shape index (κ2) is 6.24. The van der Waals surface area contributed by atoms with Crippen LogP contribution in [0.25, 0.3) is 0 Å². The summed E-state index contributed by atoms with van der Waals surface area (Å²) in [5.41, 5.74) is 1.10. The van der Waals surface area contributed by atoms with Gasteiger partial charge in [-0.3, -0.25) is 4.79 Å². The smallest absolute Gasteiger partial charge is 0.229 e. The van der Waals surface area contributed by atoms with Gasteiger partial charge in [0.1, 0.15) is 0 Å². The molecule has 1 fully saturated rings. The lowest BCUT2D eigenvalue weighted by molar-refractivity contribution is -0.133. The largest absolute Gasteiger partial charge is 0.342 e. The van der Waals surface area contributed by atoms with Gasteiger partial charge < -0.3 is 4.90 Å². The molecule has 1 aromatic rings. The Morgan fingerprint density at radius 3 is 2.50 bits per heavy atom. The molecule has 1 aromatic carbocycles. The minimum atomic E-state index is -0.0428. The van der Waals surface area contributed by atoms with Crippen LogP contribution in [-0.2, 0) is 4.79 Å². The third kappa shape index (κ3) is 3.05. The Hall–Kier alpha value is -1.02. The van der Waals surface area contributed by atoms with E-state index < -0.39 is 0 Å². The molecule has 2 rings (SSSR count). The van der Waals surface area contributed by atoms with Crippen molar-refractivity contribution in [3.05, 3.63) is 35.9 Å². The third-order valence-corrected chi connectivity index (χ3v) is 4.25. The molecule has 1 saturated heterocycles. The maximum absolute atomic E-state index is 12.4. The van der Waals surface area contributed by atoms with Crippen LogP contribution in [0, 0.1) is 5.92 Å². The molecule has 3 heteroatoms. The fourth-order valence-corrected chi connectivity index (χ4v) is 2.77. The first-order chi connectivity index (χ1) is 8.72. The van der Waals surface area contributed by atoms with E-state index in [1.165, 1.54) is 0 Å². The van der Waals surface area contributed by atoms with Crippen molar-refractivity contribution >= 4 is 17.5 Å². The van der Waals surface area contributed by atoms with Crippen molar-refractivity contribution in [2.45, 2.75) is 25.7 Å². The van der Waals surface area contributed by atoms with Crippen LogP contribution in [0.3, 0.4) is 0 Å². The molecule has 0 saturated carbocycles. The molecule has 1 heterocycles. The first-order valence-electron chi connectivity index (χ1n) is 6.62. The summed E-state index contributed by atoms with van der Waals surface area (Å²) in [4.78, 5) is 14.4. The number of halogens is 1. The molecule has 0 N–H and O–H groups in total. The van der Waals surface area contributed by atoms with Gasteiger partial charge in [0, 0.05) is 19.0 Å². The minimum absolute atomic E-state index is 0.0428. The third-order valence-electron chi connectivity index (χ3n) is 3.81. The molecular formula is C15H20ClNO. The van der Waals surface area contributed by atoms with Gasteiger partial charge in [0.05, 0.1) is 5.92 Å². The predicted molar refractivity (Wildman–Crippen MR) is 74.9 cm³/mol. The number of carbonyl (C=O) groups is 1. The number of rotatable bonds is 3. The summed E-state index contributed by atoms with van der Waals surface area (Å²) < 4.78 is 0. The van der Waals surface area contributed by atoms with E-state index in [4.69, 9.17) is 11.6 Å². The average molecular weight is 266 g/mol. The lowest BCUT2D eigenvalue weighted by Crippen LogP contribution is -2.40. The number of likely N-dealkylation sites (tertiary alicyclic amines) is 1. The number of hydrogen-bond acceptors (Lipinski definition) is 1. The van der Waals surface area contributed by atoms with Crippen molar-refractivity contribution in [3.8, 4) is 0 Å². The number of carbonyl (C=O) groups excluding carboxylic acids is 1. The zero-order chi connectivity index (χ0) is 13.0. The zero-order valence-electron chi connectivity index (χ0n) is 10.8. The van der Waals surface area contributed by atoms with Gasteiger partial charge in [0.15, 0.2) is 0 Å². The quantitative estimate of drug-likeness (QED) is 0.768. The van der Waals surface area contributed by atoms with Gasteiger partial charge in [-0.05, 0) is 31.2 Å². The van der Waals surface area contributed by atoms with Crippen molar-refractivity contribution in [3.63, 3.8) is 0 Å². The second-order valence-corrected chi connectivity index (χ2v) is 5.36. The summed E-state index contributed by atoms with van der Waals surface area (Å²) in [6.07, 6.45) is 2.08. The monoisotopic (exact) mass is 265 g/mol. The van der Waals surface area contributed by atoms with Crippen LogP contribution in [0.15, 0.2) is 30.3 Å². The molecule has 1 unspecified atom stereocenters. The molecule has 0 aliphatic carbocycles. The number of piperidine rings is 1. The summed E-state index contributed by atoms with van der Waals surface area (Å²) in [7, 11) is 0. The average Bonchev–Trinajstić information content (AvgIpc) is 2.47. The minimum Gasteiger partial charge on any atom is -0.342 e. The van der Waals surface area contributed by atoms with E-state index >= 15 is 0 Å². The molecule has 98 valence electrons. The Morgan fingerprint density at radius 1 is 1.33 bits per heavy atom. The number of alkyl halides is 1. The van der Waals surface area contributed by atoms with Gasteiger partial charge >= 0.3 is 0 Å². The highest BCUT2D eigenvalue weighted by atomic mass is 35.5. The topological polar surface area (TPSA) is 20.3 Å². The van der Waals surface area contributed by atoms with E-state index in [0.29, 0.717) is 5.92 Å². The van der Waals surface area contributed by atoms with E-state index in [2.05, 4.69) is 0 Å². The van der Waals surface area contributed by atoms with Crippen molar-refractivity contribution in [2.24, 2.45) is 5.92 Å². The van der Waals surface area contributed by atoms with Crippen LogP contribution in [0.2, 0.25) is 0 Å². The Kier molecular flexibility index (Phi) is 4.65.